The zero-order chi connectivity index (χ0) is 33.7. The molecule has 0 aliphatic carbocycles. The van der Waals surface area contributed by atoms with Crippen LogP contribution in [0.4, 0.5) is 34.1 Å². The zero-order valence-corrected chi connectivity index (χ0v) is 28.0. The number of anilines is 6. The molecular formula is C48H33BN2. The van der Waals surface area contributed by atoms with Gasteiger partial charge in [-0.25, -0.2) is 0 Å². The van der Waals surface area contributed by atoms with Gasteiger partial charge in [-0.05, 0) is 98.3 Å². The summed E-state index contributed by atoms with van der Waals surface area (Å²) in [6, 6.07) is 72.9. The van der Waals surface area contributed by atoms with Gasteiger partial charge in [0.15, 0.2) is 0 Å². The highest BCUT2D eigenvalue weighted by Crippen LogP contribution is 2.46. The first-order valence-corrected chi connectivity index (χ1v) is 17.6. The Morgan fingerprint density at radius 2 is 0.608 bits per heavy atom. The number of benzene rings is 8. The summed E-state index contributed by atoms with van der Waals surface area (Å²) in [7, 11) is 0. The molecule has 2 nitrogen and oxygen atoms in total. The Balaban J connectivity index is 1.22. The summed E-state index contributed by atoms with van der Waals surface area (Å²) in [6.45, 7) is 0.0897. The second kappa shape index (κ2) is 12.1. The van der Waals surface area contributed by atoms with E-state index < -0.39 is 0 Å². The number of para-hydroxylation sites is 2. The van der Waals surface area contributed by atoms with Gasteiger partial charge in [0.25, 0.3) is 6.71 Å². The summed E-state index contributed by atoms with van der Waals surface area (Å²) in [5.74, 6) is 0. The molecule has 3 heteroatoms. The van der Waals surface area contributed by atoms with Crippen LogP contribution < -0.4 is 26.2 Å². The van der Waals surface area contributed by atoms with E-state index in [1.165, 1.54) is 72.5 Å². The number of hydrogen-bond donors (Lipinski definition) is 0. The zero-order valence-electron chi connectivity index (χ0n) is 28.0. The second-order valence-electron chi connectivity index (χ2n) is 13.3. The number of hydrogen-bond acceptors (Lipinski definition) is 2. The van der Waals surface area contributed by atoms with Gasteiger partial charge in [0.2, 0.25) is 0 Å². The van der Waals surface area contributed by atoms with Crippen LogP contribution >= 0.6 is 0 Å². The van der Waals surface area contributed by atoms with Gasteiger partial charge in [0.1, 0.15) is 0 Å². The molecule has 51 heavy (non-hydrogen) atoms. The molecule has 8 aromatic rings. The Labute approximate surface area is 299 Å². The number of rotatable bonds is 5. The Morgan fingerprint density at radius 3 is 1.02 bits per heavy atom. The van der Waals surface area contributed by atoms with Crippen LogP contribution in [0, 0.1) is 0 Å². The molecule has 0 saturated carbocycles. The molecule has 10 rings (SSSR count). The molecule has 0 spiro atoms. The molecule has 0 fully saturated rings. The first kappa shape index (κ1) is 29.4. The van der Waals surface area contributed by atoms with Gasteiger partial charge in [-0.3, -0.25) is 0 Å². The molecule has 2 aliphatic heterocycles. The van der Waals surface area contributed by atoms with E-state index in [9.17, 15) is 0 Å². The summed E-state index contributed by atoms with van der Waals surface area (Å²) in [4.78, 5) is 4.97. The van der Waals surface area contributed by atoms with Gasteiger partial charge < -0.3 is 9.80 Å². The lowest BCUT2D eigenvalue weighted by molar-refractivity contribution is 1.25. The van der Waals surface area contributed by atoms with Crippen molar-refractivity contribution in [3.8, 4) is 33.4 Å². The summed E-state index contributed by atoms with van der Waals surface area (Å²) < 4.78 is 0. The van der Waals surface area contributed by atoms with E-state index >= 15 is 0 Å². The molecule has 0 aromatic heterocycles. The largest absolute Gasteiger partial charge is 0.311 e. The lowest BCUT2D eigenvalue weighted by Gasteiger charge is -2.44. The first-order valence-electron chi connectivity index (χ1n) is 17.6. The first-order chi connectivity index (χ1) is 25.3. The van der Waals surface area contributed by atoms with E-state index in [4.69, 9.17) is 0 Å². The molecule has 0 N–H and O–H groups in total. The minimum absolute atomic E-state index is 0.0897. The van der Waals surface area contributed by atoms with Crippen molar-refractivity contribution in [1.82, 2.24) is 0 Å². The highest BCUT2D eigenvalue weighted by Gasteiger charge is 2.43. The molecule has 0 amide bonds. The Bertz CT molecular complexity index is 2360. The van der Waals surface area contributed by atoms with Crippen molar-refractivity contribution in [1.29, 1.82) is 0 Å². The summed E-state index contributed by atoms with van der Waals surface area (Å²) in [5.41, 5.74) is 18.4. The van der Waals surface area contributed by atoms with Crippen LogP contribution in [0.25, 0.3) is 33.4 Å². The fraction of sp³-hybridized carbons (Fsp3) is 0. The quantitative estimate of drug-likeness (QED) is 0.171. The summed E-state index contributed by atoms with van der Waals surface area (Å²) >= 11 is 0. The highest BCUT2D eigenvalue weighted by atomic mass is 15.2. The van der Waals surface area contributed by atoms with Crippen molar-refractivity contribution in [2.75, 3.05) is 9.80 Å². The highest BCUT2D eigenvalue weighted by molar-refractivity contribution is 7.00. The van der Waals surface area contributed by atoms with Crippen LogP contribution in [0.1, 0.15) is 0 Å². The van der Waals surface area contributed by atoms with Crippen LogP contribution in [0.3, 0.4) is 0 Å². The molecule has 0 radical (unpaired) electrons. The maximum atomic E-state index is 2.48. The maximum Gasteiger partial charge on any atom is 0.252 e. The standard InChI is InChI=1S/C48H33BN2/c1-4-14-34(15-5-1)37-24-28-40(29-25-37)50-44-22-12-10-20-42(44)49-43-21-11-13-23-45(43)51(41-30-26-38(27-31-41)35-16-6-2-7-17-35)47-33-39(32-46(50)48(47)49)36-18-8-3-9-19-36/h1-33H. The van der Waals surface area contributed by atoms with E-state index in [2.05, 4.69) is 210 Å². The fourth-order valence-corrected chi connectivity index (χ4v) is 8.12. The number of fused-ring (bicyclic) bond motifs is 4. The minimum Gasteiger partial charge on any atom is -0.311 e. The Hall–Kier alpha value is -6.58. The maximum absolute atomic E-state index is 2.48. The minimum atomic E-state index is 0.0897. The average molecular weight is 649 g/mol. The van der Waals surface area contributed by atoms with Crippen LogP contribution in [0.2, 0.25) is 0 Å². The summed E-state index contributed by atoms with van der Waals surface area (Å²) in [5, 5.41) is 0. The molecule has 0 bridgehead atoms. The third-order valence-corrected chi connectivity index (χ3v) is 10.5. The normalized spacial score (nSPS) is 12.6. The van der Waals surface area contributed by atoms with Crippen molar-refractivity contribution in [2.45, 2.75) is 0 Å². The molecule has 8 aromatic carbocycles. The predicted molar refractivity (Wildman–Crippen MR) is 217 cm³/mol. The van der Waals surface area contributed by atoms with Crippen LogP contribution in [-0.2, 0) is 0 Å². The lowest BCUT2D eigenvalue weighted by Crippen LogP contribution is -2.61. The lowest BCUT2D eigenvalue weighted by atomic mass is 9.33. The van der Waals surface area contributed by atoms with Crippen molar-refractivity contribution in [3.05, 3.63) is 200 Å². The Kier molecular flexibility index (Phi) is 6.95. The molecular weight excluding hydrogens is 615 g/mol. The van der Waals surface area contributed by atoms with Crippen molar-refractivity contribution in [3.63, 3.8) is 0 Å². The van der Waals surface area contributed by atoms with Gasteiger partial charge in [-0.2, -0.15) is 0 Å². The van der Waals surface area contributed by atoms with Gasteiger partial charge >= 0.3 is 0 Å². The Morgan fingerprint density at radius 1 is 0.275 bits per heavy atom. The SMILES string of the molecule is c1ccc(-c2ccc(N3c4ccccc4B4c5ccccc5N(c5ccc(-c6ccccc6)cc5)c5cc(-c6ccccc6)cc3c54)cc2)cc1. The van der Waals surface area contributed by atoms with Crippen LogP contribution in [-0.4, -0.2) is 6.71 Å². The monoisotopic (exact) mass is 648 g/mol. The summed E-state index contributed by atoms with van der Waals surface area (Å²) in [6.07, 6.45) is 0. The van der Waals surface area contributed by atoms with E-state index in [1.54, 1.807) is 0 Å². The molecule has 0 saturated heterocycles. The second-order valence-corrected chi connectivity index (χ2v) is 13.3. The molecule has 2 aliphatic rings. The topological polar surface area (TPSA) is 6.48 Å². The molecule has 0 unspecified atom stereocenters. The predicted octanol–water partition coefficient (Wildman–Crippen LogP) is 10.8. The third-order valence-electron chi connectivity index (χ3n) is 10.5. The van der Waals surface area contributed by atoms with Crippen LogP contribution in [0.15, 0.2) is 200 Å². The smallest absolute Gasteiger partial charge is 0.252 e. The van der Waals surface area contributed by atoms with Gasteiger partial charge in [0.05, 0.1) is 0 Å². The van der Waals surface area contributed by atoms with Crippen molar-refractivity contribution < 1.29 is 0 Å². The van der Waals surface area contributed by atoms with E-state index in [0.29, 0.717) is 0 Å². The van der Waals surface area contributed by atoms with Gasteiger partial charge in [0, 0.05) is 34.1 Å². The fourth-order valence-electron chi connectivity index (χ4n) is 8.12. The van der Waals surface area contributed by atoms with E-state index in [1.807, 2.05) is 0 Å². The van der Waals surface area contributed by atoms with Gasteiger partial charge in [-0.15, -0.1) is 0 Å². The van der Waals surface area contributed by atoms with Gasteiger partial charge in [-0.1, -0.05) is 152 Å². The van der Waals surface area contributed by atoms with E-state index in [0.717, 1.165) is 11.4 Å². The van der Waals surface area contributed by atoms with E-state index in [-0.39, 0.29) is 6.71 Å². The van der Waals surface area contributed by atoms with Crippen LogP contribution in [0.5, 0.6) is 0 Å². The van der Waals surface area contributed by atoms with Crippen molar-refractivity contribution in [2.24, 2.45) is 0 Å². The average Bonchev–Trinajstić information content (AvgIpc) is 3.22. The third kappa shape index (κ3) is 4.89. The molecule has 2 heterocycles. The number of nitrogens with zero attached hydrogens (tertiary/aromatic N) is 2. The molecule has 0 atom stereocenters. The molecule has 238 valence electrons. The van der Waals surface area contributed by atoms with Crippen molar-refractivity contribution >= 4 is 57.2 Å².